The minimum atomic E-state index is 0.365. The van der Waals surface area contributed by atoms with Crippen molar-refractivity contribution in [3.63, 3.8) is 0 Å². The molecule has 1 fully saturated rings. The molecule has 1 heterocycles. The number of halogens is 1. The molecule has 88 valence electrons. The summed E-state index contributed by atoms with van der Waals surface area (Å²) in [7, 11) is 0. The van der Waals surface area contributed by atoms with E-state index < -0.39 is 0 Å². The van der Waals surface area contributed by atoms with Crippen LogP contribution < -0.4 is 5.32 Å². The number of hydrogen-bond donors (Lipinski definition) is 1. The molecule has 1 aromatic rings. The molecule has 0 aliphatic carbocycles. The maximum atomic E-state index is 5.74. The van der Waals surface area contributed by atoms with Gasteiger partial charge in [0.1, 0.15) is 0 Å². The van der Waals surface area contributed by atoms with Crippen molar-refractivity contribution in [2.75, 3.05) is 5.32 Å². The molecule has 0 amide bonds. The molecule has 2 rings (SSSR count). The summed E-state index contributed by atoms with van der Waals surface area (Å²) >= 11 is 2.34. The molecule has 3 heteroatoms. The van der Waals surface area contributed by atoms with Gasteiger partial charge < -0.3 is 10.1 Å². The molecule has 0 bridgehead atoms. The third kappa shape index (κ3) is 3.35. The molecular weight excluding hydrogens is 313 g/mol. The lowest BCUT2D eigenvalue weighted by Gasteiger charge is -2.33. The Morgan fingerprint density at radius 3 is 2.56 bits per heavy atom. The normalized spacial score (nSPS) is 30.1. The van der Waals surface area contributed by atoms with Crippen molar-refractivity contribution in [3.05, 3.63) is 27.8 Å². The van der Waals surface area contributed by atoms with E-state index in [9.17, 15) is 0 Å². The smallest absolute Gasteiger partial charge is 0.0570 e. The second kappa shape index (κ2) is 5.36. The van der Waals surface area contributed by atoms with Crippen molar-refractivity contribution in [3.8, 4) is 0 Å². The third-order valence-electron chi connectivity index (χ3n) is 2.89. The van der Waals surface area contributed by atoms with Crippen LogP contribution in [0.15, 0.2) is 24.3 Å². The predicted molar refractivity (Wildman–Crippen MR) is 75.8 cm³/mol. The van der Waals surface area contributed by atoms with Gasteiger partial charge in [-0.15, -0.1) is 0 Å². The molecule has 16 heavy (non-hydrogen) atoms. The summed E-state index contributed by atoms with van der Waals surface area (Å²) < 4.78 is 7.01. The van der Waals surface area contributed by atoms with Gasteiger partial charge in [0, 0.05) is 15.3 Å². The van der Waals surface area contributed by atoms with Gasteiger partial charge in [-0.05, 0) is 67.5 Å². The van der Waals surface area contributed by atoms with Gasteiger partial charge in [-0.25, -0.2) is 0 Å². The van der Waals surface area contributed by atoms with Crippen molar-refractivity contribution in [2.24, 2.45) is 0 Å². The molecule has 0 aromatic heterocycles. The van der Waals surface area contributed by atoms with Crippen LogP contribution in [0.5, 0.6) is 0 Å². The fourth-order valence-corrected chi connectivity index (χ4v) is 2.88. The summed E-state index contributed by atoms with van der Waals surface area (Å²) in [5.74, 6) is 0. The minimum absolute atomic E-state index is 0.365. The molecule has 2 unspecified atom stereocenters. The van der Waals surface area contributed by atoms with E-state index in [1.807, 2.05) is 0 Å². The summed E-state index contributed by atoms with van der Waals surface area (Å²) in [5, 5.41) is 3.60. The molecule has 0 radical (unpaired) electrons. The van der Waals surface area contributed by atoms with Crippen molar-refractivity contribution >= 4 is 28.3 Å². The van der Waals surface area contributed by atoms with Crippen LogP contribution >= 0.6 is 22.6 Å². The van der Waals surface area contributed by atoms with E-state index in [1.54, 1.807) is 0 Å². The van der Waals surface area contributed by atoms with Gasteiger partial charge >= 0.3 is 0 Å². The molecule has 1 saturated heterocycles. The molecule has 2 atom stereocenters. The summed E-state index contributed by atoms with van der Waals surface area (Å²) in [6, 6.07) is 9.06. The predicted octanol–water partition coefficient (Wildman–Crippen LogP) is 3.66. The van der Waals surface area contributed by atoms with E-state index >= 15 is 0 Å². The van der Waals surface area contributed by atoms with E-state index in [0.29, 0.717) is 18.2 Å². The number of benzene rings is 1. The van der Waals surface area contributed by atoms with Gasteiger partial charge in [0.2, 0.25) is 0 Å². The summed E-state index contributed by atoms with van der Waals surface area (Å²) in [4.78, 5) is 0. The number of hydrogen-bond acceptors (Lipinski definition) is 2. The standard InChI is InChI=1S/C13H18INO/c1-9-6-13(7-10(2)16-9)15-12-5-3-4-11(14)8-12/h3-5,8-10,13,15H,6-7H2,1-2H3. The Labute approximate surface area is 111 Å². The monoisotopic (exact) mass is 331 g/mol. The lowest BCUT2D eigenvalue weighted by molar-refractivity contribution is -0.0337. The van der Waals surface area contributed by atoms with E-state index in [1.165, 1.54) is 9.26 Å². The number of rotatable bonds is 2. The second-order valence-electron chi connectivity index (χ2n) is 4.58. The van der Waals surface area contributed by atoms with Crippen LogP contribution in [0, 0.1) is 3.57 Å². The molecule has 1 aliphatic heterocycles. The molecule has 1 aliphatic rings. The van der Waals surface area contributed by atoms with Crippen molar-refractivity contribution in [1.82, 2.24) is 0 Å². The van der Waals surface area contributed by atoms with Crippen LogP contribution in [0.25, 0.3) is 0 Å². The number of nitrogens with one attached hydrogen (secondary N) is 1. The first kappa shape index (κ1) is 12.2. The van der Waals surface area contributed by atoms with E-state index in [4.69, 9.17) is 4.74 Å². The Morgan fingerprint density at radius 1 is 1.25 bits per heavy atom. The Hall–Kier alpha value is -0.290. The highest BCUT2D eigenvalue weighted by molar-refractivity contribution is 14.1. The quantitative estimate of drug-likeness (QED) is 0.835. The van der Waals surface area contributed by atoms with E-state index in [-0.39, 0.29) is 0 Å². The molecule has 0 saturated carbocycles. The maximum Gasteiger partial charge on any atom is 0.0570 e. The van der Waals surface area contributed by atoms with Crippen molar-refractivity contribution in [2.45, 2.75) is 44.9 Å². The van der Waals surface area contributed by atoms with E-state index in [2.05, 4.69) is 66.0 Å². The molecular formula is C13H18INO. The number of ether oxygens (including phenoxy) is 1. The molecule has 1 N–H and O–H groups in total. The van der Waals surface area contributed by atoms with Crippen LogP contribution in [0.2, 0.25) is 0 Å². The zero-order valence-electron chi connectivity index (χ0n) is 9.74. The zero-order valence-corrected chi connectivity index (χ0v) is 11.9. The first-order chi connectivity index (χ1) is 7.63. The Kier molecular flexibility index (Phi) is 4.08. The number of anilines is 1. The lowest BCUT2D eigenvalue weighted by Crippen LogP contribution is -2.36. The van der Waals surface area contributed by atoms with E-state index in [0.717, 1.165) is 12.8 Å². The van der Waals surface area contributed by atoms with Crippen LogP contribution in [0.3, 0.4) is 0 Å². The van der Waals surface area contributed by atoms with Crippen LogP contribution in [0.4, 0.5) is 5.69 Å². The van der Waals surface area contributed by atoms with Gasteiger partial charge in [0.25, 0.3) is 0 Å². The fourth-order valence-electron chi connectivity index (χ4n) is 2.34. The Balaban J connectivity index is 1.98. The lowest BCUT2D eigenvalue weighted by atomic mass is 9.99. The van der Waals surface area contributed by atoms with Crippen LogP contribution in [-0.4, -0.2) is 18.2 Å². The van der Waals surface area contributed by atoms with Gasteiger partial charge in [0.15, 0.2) is 0 Å². The van der Waals surface area contributed by atoms with Crippen LogP contribution in [0.1, 0.15) is 26.7 Å². The third-order valence-corrected chi connectivity index (χ3v) is 3.56. The zero-order chi connectivity index (χ0) is 11.5. The molecule has 2 nitrogen and oxygen atoms in total. The average Bonchev–Trinajstić information content (AvgIpc) is 2.15. The van der Waals surface area contributed by atoms with Crippen molar-refractivity contribution in [1.29, 1.82) is 0 Å². The highest BCUT2D eigenvalue weighted by Gasteiger charge is 2.24. The van der Waals surface area contributed by atoms with Gasteiger partial charge in [-0.1, -0.05) is 6.07 Å². The average molecular weight is 331 g/mol. The highest BCUT2D eigenvalue weighted by Crippen LogP contribution is 2.23. The van der Waals surface area contributed by atoms with Crippen LogP contribution in [-0.2, 0) is 4.74 Å². The highest BCUT2D eigenvalue weighted by atomic mass is 127. The Bertz CT molecular complexity index is 346. The largest absolute Gasteiger partial charge is 0.382 e. The fraction of sp³-hybridized carbons (Fsp3) is 0.538. The van der Waals surface area contributed by atoms with Gasteiger partial charge in [-0.3, -0.25) is 0 Å². The summed E-state index contributed by atoms with van der Waals surface area (Å²) in [6.45, 7) is 4.30. The Morgan fingerprint density at radius 2 is 1.94 bits per heavy atom. The summed E-state index contributed by atoms with van der Waals surface area (Å²) in [6.07, 6.45) is 2.92. The maximum absolute atomic E-state index is 5.74. The first-order valence-electron chi connectivity index (χ1n) is 5.81. The SMILES string of the molecule is CC1CC(Nc2cccc(I)c2)CC(C)O1. The molecule has 1 aromatic carbocycles. The van der Waals surface area contributed by atoms with Gasteiger partial charge in [0.05, 0.1) is 12.2 Å². The summed E-state index contributed by atoms with van der Waals surface area (Å²) in [5.41, 5.74) is 1.22. The second-order valence-corrected chi connectivity index (χ2v) is 5.83. The minimum Gasteiger partial charge on any atom is -0.382 e. The first-order valence-corrected chi connectivity index (χ1v) is 6.89. The van der Waals surface area contributed by atoms with Crippen molar-refractivity contribution < 1.29 is 4.74 Å². The molecule has 0 spiro atoms. The van der Waals surface area contributed by atoms with Gasteiger partial charge in [-0.2, -0.15) is 0 Å². The topological polar surface area (TPSA) is 21.3 Å².